The average Bonchev–Trinajstić information content (AvgIpc) is 2.95. The summed E-state index contributed by atoms with van der Waals surface area (Å²) in [4.78, 5) is 12.9. The highest BCUT2D eigenvalue weighted by Crippen LogP contribution is 2.28. The molecule has 5 heteroatoms. The van der Waals surface area contributed by atoms with E-state index in [4.69, 9.17) is 9.47 Å². The summed E-state index contributed by atoms with van der Waals surface area (Å²) < 4.78 is 12.7. The number of ether oxygens (including phenoxy) is 2. The molecule has 0 atom stereocenters. The summed E-state index contributed by atoms with van der Waals surface area (Å²) in [5, 5.41) is 4.12. The van der Waals surface area contributed by atoms with E-state index in [0.29, 0.717) is 34.6 Å². The highest BCUT2D eigenvalue weighted by molar-refractivity contribution is 5.56. The number of aromatic amines is 1. The van der Waals surface area contributed by atoms with Gasteiger partial charge in [-0.2, -0.15) is 0 Å². The van der Waals surface area contributed by atoms with Crippen LogP contribution in [0.15, 0.2) is 47.3 Å². The van der Waals surface area contributed by atoms with Gasteiger partial charge in [0.2, 0.25) is 0 Å². The Kier molecular flexibility index (Phi) is 5.73. The molecule has 0 saturated heterocycles. The van der Waals surface area contributed by atoms with E-state index >= 15 is 0 Å². The third-order valence-electron chi connectivity index (χ3n) is 4.37. The van der Waals surface area contributed by atoms with Crippen molar-refractivity contribution in [3.8, 4) is 17.2 Å². The van der Waals surface area contributed by atoms with E-state index in [1.54, 1.807) is 13.2 Å². The zero-order valence-electron chi connectivity index (χ0n) is 16.8. The molecular weight excluding hydrogens is 352 g/mol. The van der Waals surface area contributed by atoms with Crippen molar-refractivity contribution in [2.24, 2.45) is 5.92 Å². The third kappa shape index (κ3) is 4.19. The molecule has 3 aromatic rings. The van der Waals surface area contributed by atoms with Crippen LogP contribution in [0.4, 0.5) is 0 Å². The van der Waals surface area contributed by atoms with Crippen LogP contribution >= 0.6 is 0 Å². The van der Waals surface area contributed by atoms with Crippen molar-refractivity contribution in [2.45, 2.75) is 20.8 Å². The minimum absolute atomic E-state index is 0.145. The lowest BCUT2D eigenvalue weighted by molar-refractivity contribution is 0.257. The van der Waals surface area contributed by atoms with Crippen LogP contribution in [0.2, 0.25) is 0 Å². The first-order chi connectivity index (χ1) is 13.4. The van der Waals surface area contributed by atoms with E-state index < -0.39 is 0 Å². The summed E-state index contributed by atoms with van der Waals surface area (Å²) >= 11 is 0. The van der Waals surface area contributed by atoms with Crippen molar-refractivity contribution in [3.05, 3.63) is 74.5 Å². The molecule has 28 heavy (non-hydrogen) atoms. The topological polar surface area (TPSA) is 56.2 Å². The van der Waals surface area contributed by atoms with Gasteiger partial charge in [0.05, 0.1) is 30.0 Å². The molecule has 0 aliphatic rings. The van der Waals surface area contributed by atoms with Gasteiger partial charge in [0.15, 0.2) is 11.5 Å². The number of rotatable bonds is 6. The maximum Gasteiger partial charge on any atom is 0.279 e. The fourth-order valence-corrected chi connectivity index (χ4v) is 2.84. The van der Waals surface area contributed by atoms with Crippen LogP contribution in [-0.4, -0.2) is 23.5 Å². The number of aromatic nitrogens is 2. The lowest BCUT2D eigenvalue weighted by Gasteiger charge is -2.12. The second-order valence-electron chi connectivity index (χ2n) is 7.24. The Morgan fingerprint density at radius 1 is 1.14 bits per heavy atom. The molecule has 0 radical (unpaired) electrons. The van der Waals surface area contributed by atoms with Gasteiger partial charge < -0.3 is 9.47 Å². The number of hydrogen-bond acceptors (Lipinski definition) is 3. The number of methoxy groups -OCH3 is 1. The molecule has 0 unspecified atom stereocenters. The largest absolute Gasteiger partial charge is 0.493 e. The minimum Gasteiger partial charge on any atom is -0.493 e. The number of hydrogen-bond donors (Lipinski definition) is 1. The Balaban J connectivity index is 2.01. The van der Waals surface area contributed by atoms with E-state index in [-0.39, 0.29) is 5.56 Å². The van der Waals surface area contributed by atoms with Crippen molar-refractivity contribution in [2.75, 3.05) is 13.7 Å². The summed E-state index contributed by atoms with van der Waals surface area (Å²) in [6, 6.07) is 13.4. The quantitative estimate of drug-likeness (QED) is 0.718. The van der Waals surface area contributed by atoms with Gasteiger partial charge in [-0.25, -0.2) is 4.68 Å². The van der Waals surface area contributed by atoms with Crippen LogP contribution in [-0.2, 0) is 0 Å². The van der Waals surface area contributed by atoms with Crippen molar-refractivity contribution < 1.29 is 9.47 Å². The SMILES string of the molecule is C=c1[nH]n(-c2ccc(C)cc2)c(=O)/c1=C/c1ccc(OCC(C)C)c(OC)c1. The molecular formula is C23H26N2O3. The van der Waals surface area contributed by atoms with Gasteiger partial charge in [0.25, 0.3) is 5.56 Å². The molecule has 1 aromatic heterocycles. The number of nitrogens with one attached hydrogen (secondary N) is 1. The fraction of sp³-hybridized carbons (Fsp3) is 0.261. The van der Waals surface area contributed by atoms with E-state index in [1.165, 1.54) is 4.68 Å². The Hall–Kier alpha value is -3.21. The summed E-state index contributed by atoms with van der Waals surface area (Å²) in [5.41, 5.74) is 2.60. The second kappa shape index (κ2) is 8.21. The van der Waals surface area contributed by atoms with Crippen LogP contribution in [0.5, 0.6) is 11.5 Å². The van der Waals surface area contributed by atoms with Gasteiger partial charge in [0.1, 0.15) is 0 Å². The van der Waals surface area contributed by atoms with E-state index in [0.717, 1.165) is 16.8 Å². The van der Waals surface area contributed by atoms with Gasteiger partial charge >= 0.3 is 0 Å². The Morgan fingerprint density at radius 3 is 2.50 bits per heavy atom. The summed E-state index contributed by atoms with van der Waals surface area (Å²) in [6.07, 6.45) is 1.81. The molecule has 2 aromatic carbocycles. The van der Waals surface area contributed by atoms with Crippen LogP contribution in [0.25, 0.3) is 18.3 Å². The molecule has 3 rings (SSSR count). The van der Waals surface area contributed by atoms with Crippen molar-refractivity contribution >= 4 is 12.7 Å². The second-order valence-corrected chi connectivity index (χ2v) is 7.24. The molecule has 0 bridgehead atoms. The Morgan fingerprint density at radius 2 is 1.86 bits per heavy atom. The van der Waals surface area contributed by atoms with Crippen LogP contribution in [0, 0.1) is 12.8 Å². The maximum atomic E-state index is 12.9. The zero-order valence-corrected chi connectivity index (χ0v) is 16.8. The van der Waals surface area contributed by atoms with Crippen LogP contribution < -0.4 is 25.6 Å². The van der Waals surface area contributed by atoms with Gasteiger partial charge in [-0.1, -0.05) is 44.2 Å². The average molecular weight is 378 g/mol. The molecule has 0 amide bonds. The first-order valence-electron chi connectivity index (χ1n) is 9.28. The number of aryl methyl sites for hydroxylation is 1. The number of benzene rings is 2. The third-order valence-corrected chi connectivity index (χ3v) is 4.37. The molecule has 0 saturated carbocycles. The molecule has 0 aliphatic carbocycles. The molecule has 1 heterocycles. The highest BCUT2D eigenvalue weighted by atomic mass is 16.5. The molecule has 146 valence electrons. The Labute approximate surface area is 164 Å². The highest BCUT2D eigenvalue weighted by Gasteiger charge is 2.08. The lowest BCUT2D eigenvalue weighted by atomic mass is 10.1. The van der Waals surface area contributed by atoms with E-state index in [9.17, 15) is 4.79 Å². The predicted octanol–water partition coefficient (Wildman–Crippen LogP) is 2.76. The van der Waals surface area contributed by atoms with E-state index in [1.807, 2.05) is 49.4 Å². The first kappa shape index (κ1) is 19.5. The van der Waals surface area contributed by atoms with Gasteiger partial charge in [0, 0.05) is 0 Å². The van der Waals surface area contributed by atoms with E-state index in [2.05, 4.69) is 25.5 Å². The number of nitrogens with zero attached hydrogens (tertiary/aromatic N) is 1. The molecule has 0 aliphatic heterocycles. The van der Waals surface area contributed by atoms with Gasteiger partial charge in [-0.15, -0.1) is 0 Å². The zero-order chi connectivity index (χ0) is 20.3. The molecule has 5 nitrogen and oxygen atoms in total. The van der Waals surface area contributed by atoms with Gasteiger partial charge in [-0.05, 0) is 48.7 Å². The predicted molar refractivity (Wildman–Crippen MR) is 113 cm³/mol. The monoisotopic (exact) mass is 378 g/mol. The van der Waals surface area contributed by atoms with Crippen LogP contribution in [0.3, 0.4) is 0 Å². The summed E-state index contributed by atoms with van der Waals surface area (Å²) in [7, 11) is 1.61. The summed E-state index contributed by atoms with van der Waals surface area (Å²) in [6.45, 7) is 10.8. The normalized spacial score (nSPS) is 11.8. The summed E-state index contributed by atoms with van der Waals surface area (Å²) in [5.74, 6) is 1.74. The maximum absolute atomic E-state index is 12.9. The molecule has 0 spiro atoms. The minimum atomic E-state index is -0.145. The number of H-pyrrole nitrogens is 1. The van der Waals surface area contributed by atoms with Gasteiger partial charge in [-0.3, -0.25) is 9.89 Å². The van der Waals surface area contributed by atoms with Crippen molar-refractivity contribution in [1.29, 1.82) is 0 Å². The standard InChI is InChI=1S/C23H26N2O3/c1-15(2)14-28-21-11-8-18(13-22(21)27-5)12-20-17(4)24-25(23(20)26)19-9-6-16(3)7-10-19/h6-13,15,24H,4,14H2,1-3,5H3/b20-12+. The van der Waals surface area contributed by atoms with Crippen molar-refractivity contribution in [3.63, 3.8) is 0 Å². The lowest BCUT2D eigenvalue weighted by Crippen LogP contribution is -2.33. The van der Waals surface area contributed by atoms with Crippen LogP contribution in [0.1, 0.15) is 25.0 Å². The first-order valence-corrected chi connectivity index (χ1v) is 9.28. The molecule has 0 fully saturated rings. The fourth-order valence-electron chi connectivity index (χ4n) is 2.84. The Bertz CT molecular complexity index is 1120. The smallest absolute Gasteiger partial charge is 0.279 e. The van der Waals surface area contributed by atoms with Crippen molar-refractivity contribution in [1.82, 2.24) is 9.78 Å². The molecule has 1 N–H and O–H groups in total.